The van der Waals surface area contributed by atoms with Gasteiger partial charge in [-0.15, -0.1) is 0 Å². The Morgan fingerprint density at radius 2 is 2.05 bits per heavy atom. The molecule has 118 valence electrons. The standard InChI is InChI=1S/C13H19NO6S/c15-6-8-20-7-2-5-14-21(18,19)10-11-3-1-4-12(9-11)13(16)17/h1,3-4,9,14-15H,2,5-8,10H2,(H,16,17). The number of hydrogen-bond donors (Lipinski definition) is 3. The number of aromatic carboxylic acids is 1. The molecule has 1 aromatic rings. The van der Waals surface area contributed by atoms with Crippen molar-refractivity contribution in [2.24, 2.45) is 0 Å². The maximum absolute atomic E-state index is 11.8. The van der Waals surface area contributed by atoms with Crippen molar-refractivity contribution >= 4 is 16.0 Å². The van der Waals surface area contributed by atoms with Crippen LogP contribution in [0.3, 0.4) is 0 Å². The fourth-order valence-electron chi connectivity index (χ4n) is 1.63. The molecule has 0 fully saturated rings. The van der Waals surface area contributed by atoms with E-state index in [2.05, 4.69) is 4.72 Å². The zero-order valence-electron chi connectivity index (χ0n) is 11.5. The molecule has 0 unspecified atom stereocenters. The Morgan fingerprint density at radius 1 is 1.29 bits per heavy atom. The Morgan fingerprint density at radius 3 is 2.71 bits per heavy atom. The minimum absolute atomic E-state index is 0.0557. The monoisotopic (exact) mass is 317 g/mol. The van der Waals surface area contributed by atoms with Gasteiger partial charge in [0.2, 0.25) is 10.0 Å². The average molecular weight is 317 g/mol. The molecule has 0 aromatic heterocycles. The molecule has 0 bridgehead atoms. The number of ether oxygens (including phenoxy) is 1. The molecule has 0 aliphatic carbocycles. The summed E-state index contributed by atoms with van der Waals surface area (Å²) in [5.74, 6) is -1.37. The maximum atomic E-state index is 11.8. The van der Waals surface area contributed by atoms with Crippen LogP contribution < -0.4 is 4.72 Å². The summed E-state index contributed by atoms with van der Waals surface area (Å²) in [5, 5.41) is 17.4. The van der Waals surface area contributed by atoms with Gasteiger partial charge in [-0.2, -0.15) is 0 Å². The van der Waals surface area contributed by atoms with E-state index in [1.165, 1.54) is 18.2 Å². The fraction of sp³-hybridized carbons (Fsp3) is 0.462. The number of carbonyl (C=O) groups is 1. The lowest BCUT2D eigenvalue weighted by Gasteiger charge is -2.07. The number of carboxylic acids is 1. The number of aliphatic hydroxyl groups excluding tert-OH is 1. The third-order valence-corrected chi connectivity index (χ3v) is 3.91. The first-order valence-electron chi connectivity index (χ1n) is 6.43. The van der Waals surface area contributed by atoms with Gasteiger partial charge in [-0.1, -0.05) is 12.1 Å². The van der Waals surface area contributed by atoms with Gasteiger partial charge in [0.05, 0.1) is 24.5 Å². The number of benzene rings is 1. The molecular weight excluding hydrogens is 298 g/mol. The van der Waals surface area contributed by atoms with Crippen molar-refractivity contribution in [2.45, 2.75) is 12.2 Å². The molecule has 1 aromatic carbocycles. The van der Waals surface area contributed by atoms with Crippen LogP contribution in [0.1, 0.15) is 22.3 Å². The molecule has 0 aliphatic heterocycles. The van der Waals surface area contributed by atoms with Crippen molar-refractivity contribution in [1.82, 2.24) is 4.72 Å². The van der Waals surface area contributed by atoms with Crippen LogP contribution in [0.15, 0.2) is 24.3 Å². The van der Waals surface area contributed by atoms with Crippen molar-refractivity contribution < 1.29 is 28.2 Å². The van der Waals surface area contributed by atoms with Crippen LogP contribution in [0.5, 0.6) is 0 Å². The zero-order valence-corrected chi connectivity index (χ0v) is 12.3. The molecule has 0 spiro atoms. The molecule has 1 rings (SSSR count). The molecule has 7 nitrogen and oxygen atoms in total. The SMILES string of the molecule is O=C(O)c1cccc(CS(=O)(=O)NCCCOCCO)c1. The van der Waals surface area contributed by atoms with E-state index in [1.54, 1.807) is 6.07 Å². The molecule has 0 saturated carbocycles. The van der Waals surface area contributed by atoms with E-state index in [0.717, 1.165) is 0 Å². The average Bonchev–Trinajstić information content (AvgIpc) is 2.42. The molecular formula is C13H19NO6S. The van der Waals surface area contributed by atoms with Gasteiger partial charge < -0.3 is 14.9 Å². The summed E-state index contributed by atoms with van der Waals surface area (Å²) in [6, 6.07) is 5.82. The van der Waals surface area contributed by atoms with E-state index in [1.807, 2.05) is 0 Å². The predicted octanol–water partition coefficient (Wildman–Crippen LogP) is 0.203. The first-order chi connectivity index (χ1) is 9.94. The van der Waals surface area contributed by atoms with Gasteiger partial charge in [-0.3, -0.25) is 0 Å². The zero-order chi connectivity index (χ0) is 15.7. The molecule has 8 heteroatoms. The Hall–Kier alpha value is -1.48. The van der Waals surface area contributed by atoms with E-state index in [-0.39, 0.29) is 31.1 Å². The number of nitrogens with one attached hydrogen (secondary N) is 1. The first kappa shape index (κ1) is 17.6. The molecule has 0 heterocycles. The molecule has 3 N–H and O–H groups in total. The van der Waals surface area contributed by atoms with Crippen LogP contribution in [0.2, 0.25) is 0 Å². The van der Waals surface area contributed by atoms with Gasteiger partial charge in [0, 0.05) is 13.2 Å². The minimum atomic E-state index is -3.52. The summed E-state index contributed by atoms with van der Waals surface area (Å²) < 4.78 is 31.1. The third-order valence-electron chi connectivity index (χ3n) is 2.55. The highest BCUT2D eigenvalue weighted by molar-refractivity contribution is 7.88. The van der Waals surface area contributed by atoms with E-state index >= 15 is 0 Å². The Kier molecular flexibility index (Phi) is 7.30. The molecule has 0 saturated heterocycles. The van der Waals surface area contributed by atoms with Gasteiger partial charge in [0.25, 0.3) is 0 Å². The number of sulfonamides is 1. The van der Waals surface area contributed by atoms with Gasteiger partial charge in [-0.05, 0) is 24.1 Å². The van der Waals surface area contributed by atoms with Crippen LogP contribution in [-0.4, -0.2) is 51.0 Å². The number of rotatable bonds is 10. The lowest BCUT2D eigenvalue weighted by Crippen LogP contribution is -2.27. The molecule has 0 radical (unpaired) electrons. The summed E-state index contributed by atoms with van der Waals surface area (Å²) in [7, 11) is -3.52. The summed E-state index contributed by atoms with van der Waals surface area (Å²) in [6.45, 7) is 0.754. The van der Waals surface area contributed by atoms with Crippen LogP contribution in [0, 0.1) is 0 Å². The van der Waals surface area contributed by atoms with Gasteiger partial charge in [0.15, 0.2) is 0 Å². The van der Waals surface area contributed by atoms with E-state index in [9.17, 15) is 13.2 Å². The van der Waals surface area contributed by atoms with Crippen LogP contribution in [-0.2, 0) is 20.5 Å². The topological polar surface area (TPSA) is 113 Å². The summed E-state index contributed by atoms with van der Waals surface area (Å²) in [4.78, 5) is 10.8. The van der Waals surface area contributed by atoms with Crippen molar-refractivity contribution in [3.8, 4) is 0 Å². The van der Waals surface area contributed by atoms with Crippen LogP contribution >= 0.6 is 0 Å². The Bertz CT molecular complexity index is 558. The van der Waals surface area contributed by atoms with Crippen LogP contribution in [0.25, 0.3) is 0 Å². The molecule has 0 aliphatic rings. The summed E-state index contributed by atoms with van der Waals surface area (Å²) in [5.41, 5.74) is 0.471. The Balaban J connectivity index is 2.45. The quantitative estimate of drug-likeness (QED) is 0.531. The van der Waals surface area contributed by atoms with Crippen molar-refractivity contribution in [3.05, 3.63) is 35.4 Å². The lowest BCUT2D eigenvalue weighted by atomic mass is 10.1. The largest absolute Gasteiger partial charge is 0.478 e. The molecule has 0 amide bonds. The predicted molar refractivity (Wildman–Crippen MR) is 76.5 cm³/mol. The first-order valence-corrected chi connectivity index (χ1v) is 8.08. The number of aliphatic hydroxyl groups is 1. The van der Waals surface area contributed by atoms with Crippen molar-refractivity contribution in [2.75, 3.05) is 26.4 Å². The Labute approximate surface area is 123 Å². The second-order valence-corrected chi connectivity index (χ2v) is 6.16. The second kappa shape index (κ2) is 8.73. The number of carboxylic acid groups (broad SMARTS) is 1. The van der Waals surface area contributed by atoms with E-state index in [0.29, 0.717) is 18.6 Å². The third kappa shape index (κ3) is 7.19. The smallest absolute Gasteiger partial charge is 0.335 e. The molecule has 0 atom stereocenters. The minimum Gasteiger partial charge on any atom is -0.478 e. The molecule has 21 heavy (non-hydrogen) atoms. The highest BCUT2D eigenvalue weighted by Gasteiger charge is 2.12. The highest BCUT2D eigenvalue weighted by atomic mass is 32.2. The van der Waals surface area contributed by atoms with E-state index < -0.39 is 16.0 Å². The second-order valence-electron chi connectivity index (χ2n) is 4.35. The fourth-order valence-corrected chi connectivity index (χ4v) is 2.81. The van der Waals surface area contributed by atoms with Crippen LogP contribution in [0.4, 0.5) is 0 Å². The summed E-state index contributed by atoms with van der Waals surface area (Å²) >= 11 is 0. The van der Waals surface area contributed by atoms with E-state index in [4.69, 9.17) is 14.9 Å². The van der Waals surface area contributed by atoms with Gasteiger partial charge >= 0.3 is 5.97 Å². The maximum Gasteiger partial charge on any atom is 0.335 e. The normalized spacial score (nSPS) is 11.5. The van der Waals surface area contributed by atoms with Gasteiger partial charge in [0.1, 0.15) is 0 Å². The lowest BCUT2D eigenvalue weighted by molar-refractivity contribution is 0.0696. The summed E-state index contributed by atoms with van der Waals surface area (Å²) in [6.07, 6.45) is 0.494. The van der Waals surface area contributed by atoms with Crippen molar-refractivity contribution in [1.29, 1.82) is 0 Å². The highest BCUT2D eigenvalue weighted by Crippen LogP contribution is 2.08. The van der Waals surface area contributed by atoms with Gasteiger partial charge in [-0.25, -0.2) is 17.9 Å². The number of hydrogen-bond acceptors (Lipinski definition) is 5. The van der Waals surface area contributed by atoms with Crippen molar-refractivity contribution in [3.63, 3.8) is 0 Å².